The molecular formula is C15H30N4. The molecule has 1 heterocycles. The third-order valence-corrected chi connectivity index (χ3v) is 4.18. The highest BCUT2D eigenvalue weighted by atomic mass is 15.2. The molecule has 4 nitrogen and oxygen atoms in total. The van der Waals surface area contributed by atoms with Crippen molar-refractivity contribution in [1.82, 2.24) is 15.5 Å². The molecule has 4 heteroatoms. The Labute approximate surface area is 118 Å². The van der Waals surface area contributed by atoms with E-state index in [1.807, 2.05) is 0 Å². The molecule has 0 amide bonds. The predicted molar refractivity (Wildman–Crippen MR) is 81.6 cm³/mol. The van der Waals surface area contributed by atoms with Crippen molar-refractivity contribution in [3.8, 4) is 0 Å². The molecule has 1 saturated heterocycles. The lowest BCUT2D eigenvalue weighted by atomic mass is 10.0. The Morgan fingerprint density at radius 1 is 1.21 bits per heavy atom. The summed E-state index contributed by atoms with van der Waals surface area (Å²) in [6.45, 7) is 9.81. The van der Waals surface area contributed by atoms with E-state index in [0.29, 0.717) is 0 Å². The van der Waals surface area contributed by atoms with Gasteiger partial charge in [-0.25, -0.2) is 0 Å². The van der Waals surface area contributed by atoms with Crippen LogP contribution >= 0.6 is 0 Å². The van der Waals surface area contributed by atoms with E-state index in [-0.39, 0.29) is 0 Å². The lowest BCUT2D eigenvalue weighted by Crippen LogP contribution is -2.45. The number of nitrogens with zero attached hydrogens (tertiary/aromatic N) is 2. The van der Waals surface area contributed by atoms with Gasteiger partial charge in [-0.05, 0) is 52.0 Å². The summed E-state index contributed by atoms with van der Waals surface area (Å²) in [4.78, 5) is 7.25. The molecule has 1 unspecified atom stereocenters. The monoisotopic (exact) mass is 266 g/mol. The van der Waals surface area contributed by atoms with E-state index in [0.717, 1.165) is 44.1 Å². The summed E-state index contributed by atoms with van der Waals surface area (Å²) in [5.74, 6) is 1.86. The number of piperidine rings is 1. The van der Waals surface area contributed by atoms with Crippen LogP contribution in [0.1, 0.15) is 46.0 Å². The smallest absolute Gasteiger partial charge is 0.191 e. The fraction of sp³-hybridized carbons (Fsp3) is 0.933. The van der Waals surface area contributed by atoms with Crippen LogP contribution in [-0.2, 0) is 0 Å². The van der Waals surface area contributed by atoms with Gasteiger partial charge in [-0.1, -0.05) is 6.42 Å². The Hall–Kier alpha value is -0.770. The third-order valence-electron chi connectivity index (χ3n) is 4.18. The van der Waals surface area contributed by atoms with Gasteiger partial charge in [0.15, 0.2) is 5.96 Å². The quantitative estimate of drug-likeness (QED) is 0.569. The first-order chi connectivity index (χ1) is 9.29. The summed E-state index contributed by atoms with van der Waals surface area (Å²) in [7, 11) is 0. The maximum Gasteiger partial charge on any atom is 0.191 e. The summed E-state index contributed by atoms with van der Waals surface area (Å²) in [6, 6.07) is 0.751. The molecule has 1 saturated carbocycles. The molecule has 0 bridgehead atoms. The van der Waals surface area contributed by atoms with Gasteiger partial charge < -0.3 is 10.6 Å². The Morgan fingerprint density at radius 2 is 2.05 bits per heavy atom. The van der Waals surface area contributed by atoms with Crippen LogP contribution in [0, 0.1) is 5.92 Å². The highest BCUT2D eigenvalue weighted by Gasteiger charge is 2.21. The molecular weight excluding hydrogens is 236 g/mol. The molecule has 0 aromatic heterocycles. The van der Waals surface area contributed by atoms with E-state index < -0.39 is 0 Å². The van der Waals surface area contributed by atoms with Crippen LogP contribution in [0.3, 0.4) is 0 Å². The molecule has 0 spiro atoms. The fourth-order valence-corrected chi connectivity index (χ4v) is 2.67. The van der Waals surface area contributed by atoms with Crippen molar-refractivity contribution in [1.29, 1.82) is 0 Å². The molecule has 110 valence electrons. The minimum Gasteiger partial charge on any atom is -0.357 e. The molecule has 0 radical (unpaired) electrons. The van der Waals surface area contributed by atoms with Gasteiger partial charge in [0.05, 0.1) is 0 Å². The average Bonchev–Trinajstić information content (AvgIpc) is 3.22. The van der Waals surface area contributed by atoms with Crippen LogP contribution in [-0.4, -0.2) is 49.6 Å². The van der Waals surface area contributed by atoms with Crippen LogP contribution in [0.25, 0.3) is 0 Å². The zero-order valence-electron chi connectivity index (χ0n) is 12.6. The van der Waals surface area contributed by atoms with E-state index in [1.54, 1.807) is 0 Å². The predicted octanol–water partition coefficient (Wildman–Crippen LogP) is 1.83. The first-order valence-corrected chi connectivity index (χ1v) is 8.06. The lowest BCUT2D eigenvalue weighted by molar-refractivity contribution is 0.163. The van der Waals surface area contributed by atoms with Crippen LogP contribution in [0.5, 0.6) is 0 Å². The van der Waals surface area contributed by atoms with Gasteiger partial charge in [0.2, 0.25) is 0 Å². The van der Waals surface area contributed by atoms with E-state index in [4.69, 9.17) is 0 Å². The average molecular weight is 266 g/mol. The molecule has 1 atom stereocenters. The molecule has 1 aliphatic heterocycles. The number of nitrogens with one attached hydrogen (secondary N) is 2. The van der Waals surface area contributed by atoms with Crippen molar-refractivity contribution in [2.45, 2.75) is 52.0 Å². The van der Waals surface area contributed by atoms with E-state index >= 15 is 0 Å². The third kappa shape index (κ3) is 5.39. The number of likely N-dealkylation sites (tertiary alicyclic amines) is 1. The molecule has 2 fully saturated rings. The minimum absolute atomic E-state index is 0.751. The largest absolute Gasteiger partial charge is 0.357 e. The van der Waals surface area contributed by atoms with Gasteiger partial charge >= 0.3 is 0 Å². The molecule has 2 N–H and O–H groups in total. The van der Waals surface area contributed by atoms with Gasteiger partial charge in [0.25, 0.3) is 0 Å². The van der Waals surface area contributed by atoms with Crippen molar-refractivity contribution in [2.75, 3.05) is 32.7 Å². The van der Waals surface area contributed by atoms with Gasteiger partial charge in [0.1, 0.15) is 0 Å². The second kappa shape index (κ2) is 7.73. The Morgan fingerprint density at radius 3 is 2.74 bits per heavy atom. The first-order valence-electron chi connectivity index (χ1n) is 8.06. The Bertz CT molecular complexity index is 286. The highest BCUT2D eigenvalue weighted by molar-refractivity contribution is 5.79. The maximum atomic E-state index is 4.65. The van der Waals surface area contributed by atoms with Crippen molar-refractivity contribution in [3.63, 3.8) is 0 Å². The van der Waals surface area contributed by atoms with Crippen LogP contribution in [0.4, 0.5) is 0 Å². The van der Waals surface area contributed by atoms with E-state index in [9.17, 15) is 0 Å². The van der Waals surface area contributed by atoms with E-state index in [1.165, 1.54) is 38.6 Å². The van der Waals surface area contributed by atoms with Crippen molar-refractivity contribution in [2.24, 2.45) is 10.9 Å². The zero-order valence-corrected chi connectivity index (χ0v) is 12.6. The second-order valence-corrected chi connectivity index (χ2v) is 5.97. The van der Waals surface area contributed by atoms with Gasteiger partial charge in [-0.2, -0.15) is 0 Å². The molecule has 19 heavy (non-hydrogen) atoms. The molecule has 0 aromatic rings. The molecule has 0 aromatic carbocycles. The SMILES string of the molecule is CCNC(=NCC1CC1)NCCN1CCCCC1C. The van der Waals surface area contributed by atoms with Crippen molar-refractivity contribution >= 4 is 5.96 Å². The van der Waals surface area contributed by atoms with Crippen molar-refractivity contribution < 1.29 is 0 Å². The van der Waals surface area contributed by atoms with Gasteiger partial charge in [0, 0.05) is 32.2 Å². The number of guanidine groups is 1. The normalized spacial score (nSPS) is 25.4. The topological polar surface area (TPSA) is 39.7 Å². The summed E-state index contributed by atoms with van der Waals surface area (Å²) in [6.07, 6.45) is 6.86. The number of rotatable bonds is 6. The highest BCUT2D eigenvalue weighted by Crippen LogP contribution is 2.28. The van der Waals surface area contributed by atoms with Crippen molar-refractivity contribution in [3.05, 3.63) is 0 Å². The summed E-state index contributed by atoms with van der Waals surface area (Å²) >= 11 is 0. The summed E-state index contributed by atoms with van der Waals surface area (Å²) in [5, 5.41) is 6.80. The van der Waals surface area contributed by atoms with Gasteiger partial charge in [-0.15, -0.1) is 0 Å². The first kappa shape index (κ1) is 14.6. The van der Waals surface area contributed by atoms with Gasteiger partial charge in [-0.3, -0.25) is 9.89 Å². The van der Waals surface area contributed by atoms with Crippen LogP contribution < -0.4 is 10.6 Å². The zero-order chi connectivity index (χ0) is 13.5. The molecule has 2 aliphatic rings. The summed E-state index contributed by atoms with van der Waals surface area (Å²) in [5.41, 5.74) is 0. The molecule has 1 aliphatic carbocycles. The lowest BCUT2D eigenvalue weighted by Gasteiger charge is -2.33. The fourth-order valence-electron chi connectivity index (χ4n) is 2.67. The number of hydrogen-bond donors (Lipinski definition) is 2. The number of hydrogen-bond acceptors (Lipinski definition) is 2. The summed E-state index contributed by atoms with van der Waals surface area (Å²) < 4.78 is 0. The number of aliphatic imine (C=N–C) groups is 1. The maximum absolute atomic E-state index is 4.65. The van der Waals surface area contributed by atoms with Crippen LogP contribution in [0.2, 0.25) is 0 Å². The standard InChI is InChI=1S/C15H30N4/c1-3-16-15(18-12-14-7-8-14)17-9-11-19-10-5-4-6-13(19)2/h13-14H,3-12H2,1-2H3,(H2,16,17,18). The molecule has 2 rings (SSSR count). The Kier molecular flexibility index (Phi) is 5.95. The second-order valence-electron chi connectivity index (χ2n) is 5.97. The minimum atomic E-state index is 0.751. The van der Waals surface area contributed by atoms with E-state index in [2.05, 4.69) is 34.4 Å². The van der Waals surface area contributed by atoms with Crippen LogP contribution in [0.15, 0.2) is 4.99 Å². The Balaban J connectivity index is 1.67.